The quantitative estimate of drug-likeness (QED) is 0.478. The molecule has 0 bridgehead atoms. The maximum atomic E-state index is 11.4. The van der Waals surface area contributed by atoms with Gasteiger partial charge in [-0.25, -0.2) is 9.78 Å². The number of hydrogen-bond donors (Lipinski definition) is 1. The summed E-state index contributed by atoms with van der Waals surface area (Å²) in [5.74, 6) is 0. The van der Waals surface area contributed by atoms with Gasteiger partial charge in [-0.2, -0.15) is 0 Å². The number of hydrogen-bond acceptors (Lipinski definition) is 3. The van der Waals surface area contributed by atoms with Crippen LogP contribution < -0.4 is 21.7 Å². The molecule has 0 spiro atoms. The monoisotopic (exact) mass is 412 g/mol. The van der Waals surface area contributed by atoms with Crippen molar-refractivity contribution in [3.8, 4) is 11.1 Å². The number of aromatic amines is 1. The van der Waals surface area contributed by atoms with E-state index in [0.29, 0.717) is 11.2 Å². The molecule has 2 aromatic heterocycles. The third-order valence-electron chi connectivity index (χ3n) is 6.24. The van der Waals surface area contributed by atoms with Crippen molar-refractivity contribution in [2.45, 2.75) is 25.7 Å². The first-order chi connectivity index (χ1) is 15.1. The number of H-pyrrole nitrogens is 1. The van der Waals surface area contributed by atoms with Gasteiger partial charge in [0.05, 0.1) is 6.33 Å². The minimum Gasteiger partial charge on any atom is -0.339 e. The highest BCUT2D eigenvalue weighted by atomic mass is 16.2. The van der Waals surface area contributed by atoms with Crippen LogP contribution in [-0.4, -0.2) is 19.1 Å². The van der Waals surface area contributed by atoms with Crippen LogP contribution in [0.25, 0.3) is 34.4 Å². The molecule has 2 heterocycles. The van der Waals surface area contributed by atoms with Crippen LogP contribution in [0.5, 0.6) is 0 Å². The van der Waals surface area contributed by atoms with Crippen molar-refractivity contribution < 1.29 is 0 Å². The standard InChI is InChI=1S/C18H16.C7H8N4O2/c1-3-7-15-13(5-1)9-11-18-16-8-4-2-6-14(16)10-12-17(15)18;1-10-5-4(8-3-9-5)6(12)11(2)7(10)13/h1,3,5,7-8,10-12H,2,4,6,9H2;3H,1-2H3,(H,8,9). The predicted octanol–water partition coefficient (Wildman–Crippen LogP) is 1.77. The molecule has 0 aliphatic heterocycles. The van der Waals surface area contributed by atoms with E-state index in [-0.39, 0.29) is 11.2 Å². The van der Waals surface area contributed by atoms with E-state index in [1.807, 2.05) is 0 Å². The minimum absolute atomic E-state index is 0.351. The van der Waals surface area contributed by atoms with Gasteiger partial charge >= 0.3 is 5.69 Å². The summed E-state index contributed by atoms with van der Waals surface area (Å²) in [5.41, 5.74) is 5.86. The van der Waals surface area contributed by atoms with Gasteiger partial charge in [0.25, 0.3) is 5.56 Å². The van der Waals surface area contributed by atoms with E-state index in [1.54, 1.807) is 7.05 Å². The van der Waals surface area contributed by atoms with Crippen molar-refractivity contribution in [2.75, 3.05) is 0 Å². The SMILES string of the molecule is C1=c2c(ccc3c2=CCc2ccccc2-3)CCC1.Cn1c(=O)c2[nH]cnc2n(C)c1=O. The predicted molar refractivity (Wildman–Crippen MR) is 123 cm³/mol. The zero-order chi connectivity index (χ0) is 21.5. The van der Waals surface area contributed by atoms with Crippen molar-refractivity contribution in [3.05, 3.63) is 85.1 Å². The van der Waals surface area contributed by atoms with Crippen molar-refractivity contribution in [2.24, 2.45) is 14.1 Å². The number of aryl methyl sites for hydroxylation is 2. The topological polar surface area (TPSA) is 72.7 Å². The molecule has 6 heteroatoms. The van der Waals surface area contributed by atoms with Crippen LogP contribution in [0.15, 0.2) is 52.3 Å². The smallest absolute Gasteiger partial charge is 0.332 e. The van der Waals surface area contributed by atoms with Gasteiger partial charge < -0.3 is 4.98 Å². The lowest BCUT2D eigenvalue weighted by molar-refractivity contribution is 0.709. The van der Waals surface area contributed by atoms with E-state index >= 15 is 0 Å². The number of benzene rings is 2. The Morgan fingerprint density at radius 2 is 1.74 bits per heavy atom. The van der Waals surface area contributed by atoms with Gasteiger partial charge in [0.2, 0.25) is 0 Å². The van der Waals surface area contributed by atoms with Crippen molar-refractivity contribution in [1.29, 1.82) is 0 Å². The molecule has 0 fully saturated rings. The summed E-state index contributed by atoms with van der Waals surface area (Å²) < 4.78 is 2.37. The van der Waals surface area contributed by atoms with Gasteiger partial charge in [-0.1, -0.05) is 48.6 Å². The summed E-state index contributed by atoms with van der Waals surface area (Å²) in [6.45, 7) is 0. The Balaban J connectivity index is 0.000000140. The highest BCUT2D eigenvalue weighted by molar-refractivity contribution is 5.74. The number of fused-ring (bicyclic) bond motifs is 6. The highest BCUT2D eigenvalue weighted by Crippen LogP contribution is 2.24. The molecule has 1 N–H and O–H groups in total. The summed E-state index contributed by atoms with van der Waals surface area (Å²) in [6, 6.07) is 13.5. The summed E-state index contributed by atoms with van der Waals surface area (Å²) in [4.78, 5) is 29.4. The molecule has 31 heavy (non-hydrogen) atoms. The maximum Gasteiger partial charge on any atom is 0.332 e. The van der Waals surface area contributed by atoms with Gasteiger partial charge in [-0.3, -0.25) is 13.9 Å². The summed E-state index contributed by atoms with van der Waals surface area (Å²) in [5, 5.41) is 2.99. The lowest BCUT2D eigenvalue weighted by Gasteiger charge is -2.17. The van der Waals surface area contributed by atoms with Crippen LogP contribution in [0.1, 0.15) is 24.0 Å². The Kier molecular flexibility index (Phi) is 4.70. The first-order valence-electron chi connectivity index (χ1n) is 10.6. The minimum atomic E-state index is -0.371. The van der Waals surface area contributed by atoms with E-state index in [9.17, 15) is 9.59 Å². The zero-order valence-corrected chi connectivity index (χ0v) is 17.7. The first kappa shape index (κ1) is 19.3. The Hall–Kier alpha value is -3.67. The molecule has 0 saturated heterocycles. The molecule has 4 aromatic rings. The van der Waals surface area contributed by atoms with Gasteiger partial charge in [0, 0.05) is 14.1 Å². The first-order valence-corrected chi connectivity index (χ1v) is 10.6. The second kappa shape index (κ2) is 7.54. The number of nitrogens with zero attached hydrogens (tertiary/aromatic N) is 3. The molecule has 0 atom stereocenters. The van der Waals surface area contributed by atoms with Crippen LogP contribution in [0.4, 0.5) is 0 Å². The molecule has 0 radical (unpaired) electrons. The third kappa shape index (κ3) is 3.15. The summed E-state index contributed by atoms with van der Waals surface area (Å²) >= 11 is 0. The fourth-order valence-corrected chi connectivity index (χ4v) is 4.58. The molecule has 2 aromatic carbocycles. The molecule has 2 aliphatic rings. The van der Waals surface area contributed by atoms with Crippen LogP contribution in [0.2, 0.25) is 0 Å². The number of nitrogens with one attached hydrogen (secondary N) is 1. The van der Waals surface area contributed by atoms with E-state index in [1.165, 1.54) is 69.9 Å². The van der Waals surface area contributed by atoms with Gasteiger partial charge in [0.15, 0.2) is 5.65 Å². The number of rotatable bonds is 0. The van der Waals surface area contributed by atoms with Gasteiger partial charge in [0.1, 0.15) is 5.52 Å². The molecule has 0 amide bonds. The molecule has 6 rings (SSSR count). The third-order valence-corrected chi connectivity index (χ3v) is 6.24. The number of aromatic nitrogens is 4. The van der Waals surface area contributed by atoms with Crippen LogP contribution in [0.3, 0.4) is 0 Å². The van der Waals surface area contributed by atoms with E-state index in [0.717, 1.165) is 11.0 Å². The van der Waals surface area contributed by atoms with E-state index in [4.69, 9.17) is 0 Å². The van der Waals surface area contributed by atoms with Crippen molar-refractivity contribution in [1.82, 2.24) is 19.1 Å². The Labute approximate surface area is 178 Å². The average molecular weight is 412 g/mol. The van der Waals surface area contributed by atoms with Crippen LogP contribution in [0, 0.1) is 0 Å². The molecule has 0 unspecified atom stereocenters. The van der Waals surface area contributed by atoms with Crippen LogP contribution in [-0.2, 0) is 26.9 Å². The average Bonchev–Trinajstić information content (AvgIpc) is 3.32. The summed E-state index contributed by atoms with van der Waals surface area (Å²) in [6.07, 6.45) is 11.1. The fraction of sp³-hybridized carbons (Fsp3) is 0.240. The molecular formula is C25H24N4O2. The Morgan fingerprint density at radius 3 is 2.61 bits per heavy atom. The van der Waals surface area contributed by atoms with E-state index < -0.39 is 0 Å². The maximum absolute atomic E-state index is 11.4. The van der Waals surface area contributed by atoms with Crippen molar-refractivity contribution in [3.63, 3.8) is 0 Å². The zero-order valence-electron chi connectivity index (χ0n) is 17.7. The molecular weight excluding hydrogens is 388 g/mol. The highest BCUT2D eigenvalue weighted by Gasteiger charge is 2.13. The molecule has 2 aliphatic carbocycles. The van der Waals surface area contributed by atoms with Gasteiger partial charge in [-0.15, -0.1) is 0 Å². The Bertz CT molecular complexity index is 1550. The fourth-order valence-electron chi connectivity index (χ4n) is 4.58. The van der Waals surface area contributed by atoms with Crippen LogP contribution >= 0.6 is 0 Å². The summed E-state index contributed by atoms with van der Waals surface area (Å²) in [7, 11) is 3.01. The largest absolute Gasteiger partial charge is 0.339 e. The second-order valence-electron chi connectivity index (χ2n) is 8.07. The normalized spacial score (nSPS) is 13.7. The second-order valence-corrected chi connectivity index (χ2v) is 8.07. The van der Waals surface area contributed by atoms with E-state index in [2.05, 4.69) is 58.5 Å². The lowest BCUT2D eigenvalue weighted by Crippen LogP contribution is -2.36. The van der Waals surface area contributed by atoms with Gasteiger partial charge in [-0.05, 0) is 58.4 Å². The molecule has 6 nitrogen and oxygen atoms in total. The number of imidazole rings is 1. The molecule has 156 valence electrons. The molecule has 0 saturated carbocycles. The Morgan fingerprint density at radius 1 is 0.903 bits per heavy atom. The lowest BCUT2D eigenvalue weighted by atomic mass is 9.87. The van der Waals surface area contributed by atoms with Crippen molar-refractivity contribution >= 4 is 23.3 Å².